The van der Waals surface area contributed by atoms with E-state index in [9.17, 15) is 22.8 Å². The molecular formula is C13H13F3N2O2. The highest BCUT2D eigenvalue weighted by atomic mass is 19.4. The van der Waals surface area contributed by atoms with Crippen molar-refractivity contribution >= 4 is 17.4 Å². The third-order valence-electron chi connectivity index (χ3n) is 2.24. The fourth-order valence-corrected chi connectivity index (χ4v) is 1.27. The van der Waals surface area contributed by atoms with Crippen molar-refractivity contribution in [2.24, 2.45) is 0 Å². The molecule has 20 heavy (non-hydrogen) atoms. The fourth-order valence-electron chi connectivity index (χ4n) is 1.27. The van der Waals surface area contributed by atoms with Crippen LogP contribution in [0.2, 0.25) is 0 Å². The molecule has 0 radical (unpaired) electrons. The van der Waals surface area contributed by atoms with Gasteiger partial charge in [0.2, 0.25) is 0 Å². The Kier molecular flexibility index (Phi) is 5.31. The van der Waals surface area contributed by atoms with Crippen LogP contribution in [0.4, 0.5) is 18.9 Å². The van der Waals surface area contributed by atoms with Crippen LogP contribution in [-0.4, -0.2) is 17.9 Å². The van der Waals surface area contributed by atoms with E-state index < -0.39 is 17.5 Å². The minimum absolute atomic E-state index is 0.363. The number of halogens is 3. The zero-order valence-electron chi connectivity index (χ0n) is 10.6. The molecule has 1 aromatic carbocycles. The number of rotatable bonds is 5. The molecule has 0 atom stereocenters. The first-order valence-electron chi connectivity index (χ1n) is 5.78. The van der Waals surface area contributed by atoms with Gasteiger partial charge in [0.05, 0.1) is 5.69 Å². The van der Waals surface area contributed by atoms with E-state index >= 15 is 0 Å². The number of hydrogen-bond acceptors (Lipinski definition) is 3. The number of carbonyl (C=O) groups excluding carboxylic acids is 2. The number of hydrogen-bond donors (Lipinski definition) is 2. The van der Waals surface area contributed by atoms with Gasteiger partial charge in [-0.1, -0.05) is 13.0 Å². The van der Waals surface area contributed by atoms with E-state index in [1.165, 1.54) is 18.2 Å². The Bertz CT molecular complexity index is 507. The van der Waals surface area contributed by atoms with Crippen LogP contribution < -0.4 is 10.9 Å². The molecule has 0 heterocycles. The Labute approximate surface area is 113 Å². The number of amides is 1. The molecule has 7 heteroatoms. The van der Waals surface area contributed by atoms with Crippen molar-refractivity contribution < 1.29 is 22.8 Å². The minimum atomic E-state index is -4.89. The van der Waals surface area contributed by atoms with E-state index in [0.29, 0.717) is 12.1 Å². The summed E-state index contributed by atoms with van der Waals surface area (Å²) in [7, 11) is 0. The summed E-state index contributed by atoms with van der Waals surface area (Å²) >= 11 is 0. The SMILES string of the molecule is CC/C=C/C(=O)NNc1ccc(C(=O)C(F)(F)F)cc1. The molecule has 0 aliphatic carbocycles. The van der Waals surface area contributed by atoms with Crippen LogP contribution in [-0.2, 0) is 4.79 Å². The third kappa shape index (κ3) is 4.75. The Morgan fingerprint density at radius 1 is 1.20 bits per heavy atom. The van der Waals surface area contributed by atoms with Crippen LogP contribution in [0.1, 0.15) is 23.7 Å². The molecule has 1 amide bonds. The molecule has 108 valence electrons. The largest absolute Gasteiger partial charge is 0.454 e. The summed E-state index contributed by atoms with van der Waals surface area (Å²) in [6.07, 6.45) is -1.20. The predicted octanol–water partition coefficient (Wildman–Crippen LogP) is 2.84. The van der Waals surface area contributed by atoms with E-state index in [-0.39, 0.29) is 5.91 Å². The maximum Gasteiger partial charge on any atom is 0.454 e. The molecule has 0 aliphatic heterocycles. The zero-order valence-corrected chi connectivity index (χ0v) is 10.6. The van der Waals surface area contributed by atoms with Crippen molar-refractivity contribution in [3.05, 3.63) is 42.0 Å². The first-order chi connectivity index (χ1) is 9.34. The van der Waals surface area contributed by atoms with E-state index in [2.05, 4.69) is 10.9 Å². The van der Waals surface area contributed by atoms with Crippen molar-refractivity contribution in [2.45, 2.75) is 19.5 Å². The van der Waals surface area contributed by atoms with E-state index in [0.717, 1.165) is 12.1 Å². The number of benzene rings is 1. The van der Waals surface area contributed by atoms with Gasteiger partial charge in [0.1, 0.15) is 0 Å². The zero-order chi connectivity index (χ0) is 15.2. The minimum Gasteiger partial charge on any atom is -0.298 e. The van der Waals surface area contributed by atoms with Crippen molar-refractivity contribution in [1.82, 2.24) is 5.43 Å². The second-order valence-corrected chi connectivity index (χ2v) is 3.83. The van der Waals surface area contributed by atoms with Crippen LogP contribution in [0, 0.1) is 0 Å². The highest BCUT2D eigenvalue weighted by Gasteiger charge is 2.39. The summed E-state index contributed by atoms with van der Waals surface area (Å²) in [5, 5.41) is 0. The van der Waals surface area contributed by atoms with Crippen LogP contribution in [0.25, 0.3) is 0 Å². The monoisotopic (exact) mass is 286 g/mol. The van der Waals surface area contributed by atoms with Gasteiger partial charge in [0.25, 0.3) is 11.7 Å². The maximum absolute atomic E-state index is 12.2. The number of ketones is 1. The lowest BCUT2D eigenvalue weighted by Gasteiger charge is -2.08. The summed E-state index contributed by atoms with van der Waals surface area (Å²) in [4.78, 5) is 22.2. The highest BCUT2D eigenvalue weighted by Crippen LogP contribution is 2.22. The molecule has 0 saturated carbocycles. The highest BCUT2D eigenvalue weighted by molar-refractivity contribution is 6.00. The summed E-state index contributed by atoms with van der Waals surface area (Å²) in [5.74, 6) is -2.29. The number of alkyl halides is 3. The van der Waals surface area contributed by atoms with Gasteiger partial charge >= 0.3 is 6.18 Å². The molecule has 0 saturated heterocycles. The third-order valence-corrected chi connectivity index (χ3v) is 2.24. The average Bonchev–Trinajstić information content (AvgIpc) is 2.41. The molecule has 1 aromatic rings. The normalized spacial score (nSPS) is 11.4. The summed E-state index contributed by atoms with van der Waals surface area (Å²) in [6.45, 7) is 1.87. The standard InChI is InChI=1S/C13H13F3N2O2/c1-2-3-4-11(19)18-17-10-7-5-9(6-8-10)12(20)13(14,15)16/h3-8,17H,2H2,1H3,(H,18,19)/b4-3+. The molecular weight excluding hydrogens is 273 g/mol. The lowest BCUT2D eigenvalue weighted by Crippen LogP contribution is -2.27. The fraction of sp³-hybridized carbons (Fsp3) is 0.231. The van der Waals surface area contributed by atoms with Crippen molar-refractivity contribution in [1.29, 1.82) is 0 Å². The van der Waals surface area contributed by atoms with Crippen LogP contribution >= 0.6 is 0 Å². The van der Waals surface area contributed by atoms with Crippen LogP contribution in [0.5, 0.6) is 0 Å². The number of Topliss-reactive ketones (excluding diaryl/α,β-unsaturated/α-hetero) is 1. The van der Waals surface area contributed by atoms with Crippen LogP contribution in [0.3, 0.4) is 0 Å². The quantitative estimate of drug-likeness (QED) is 0.497. The smallest absolute Gasteiger partial charge is 0.298 e. The van der Waals surface area contributed by atoms with Gasteiger partial charge in [-0.15, -0.1) is 0 Å². The molecule has 0 spiro atoms. The lowest BCUT2D eigenvalue weighted by molar-refractivity contribution is -0.116. The molecule has 4 nitrogen and oxygen atoms in total. The number of hydrazine groups is 1. The van der Waals surface area contributed by atoms with Gasteiger partial charge < -0.3 is 0 Å². The van der Waals surface area contributed by atoms with E-state index in [4.69, 9.17) is 0 Å². The van der Waals surface area contributed by atoms with Crippen molar-refractivity contribution in [2.75, 3.05) is 5.43 Å². The van der Waals surface area contributed by atoms with Crippen LogP contribution in [0.15, 0.2) is 36.4 Å². The first-order valence-corrected chi connectivity index (χ1v) is 5.78. The summed E-state index contributed by atoms with van der Waals surface area (Å²) in [6, 6.07) is 4.60. The predicted molar refractivity (Wildman–Crippen MR) is 68.0 cm³/mol. The summed E-state index contributed by atoms with van der Waals surface area (Å²) < 4.78 is 36.5. The van der Waals surface area contributed by atoms with Crippen molar-refractivity contribution in [3.8, 4) is 0 Å². The molecule has 0 aromatic heterocycles. The van der Waals surface area contributed by atoms with Gasteiger partial charge in [0.15, 0.2) is 0 Å². The Hall–Kier alpha value is -2.31. The topological polar surface area (TPSA) is 58.2 Å². The number of nitrogens with one attached hydrogen (secondary N) is 2. The van der Waals surface area contributed by atoms with Gasteiger partial charge in [-0.25, -0.2) is 0 Å². The molecule has 2 N–H and O–H groups in total. The van der Waals surface area contributed by atoms with E-state index in [1.807, 2.05) is 6.92 Å². The Morgan fingerprint density at radius 3 is 2.30 bits per heavy atom. The van der Waals surface area contributed by atoms with Gasteiger partial charge in [-0.3, -0.25) is 20.4 Å². The second kappa shape index (κ2) is 6.74. The molecule has 0 fully saturated rings. The van der Waals surface area contributed by atoms with Crippen molar-refractivity contribution in [3.63, 3.8) is 0 Å². The van der Waals surface area contributed by atoms with Gasteiger partial charge in [-0.2, -0.15) is 13.2 Å². The Balaban J connectivity index is 2.62. The number of carbonyl (C=O) groups is 2. The number of anilines is 1. The first kappa shape index (κ1) is 15.7. The Morgan fingerprint density at radius 2 is 1.80 bits per heavy atom. The maximum atomic E-state index is 12.2. The second-order valence-electron chi connectivity index (χ2n) is 3.83. The molecule has 0 unspecified atom stereocenters. The lowest BCUT2D eigenvalue weighted by atomic mass is 10.1. The van der Waals surface area contributed by atoms with E-state index in [1.54, 1.807) is 6.08 Å². The summed E-state index contributed by atoms with van der Waals surface area (Å²) in [5.41, 5.74) is 4.75. The molecule has 0 bridgehead atoms. The van der Waals surface area contributed by atoms with Gasteiger partial charge in [-0.05, 0) is 30.7 Å². The molecule has 0 aliphatic rings. The number of allylic oxidation sites excluding steroid dienone is 1. The average molecular weight is 286 g/mol. The molecule has 1 rings (SSSR count). The van der Waals surface area contributed by atoms with Gasteiger partial charge in [0, 0.05) is 11.6 Å².